The molecule has 0 atom stereocenters. The van der Waals surface area contributed by atoms with Gasteiger partial charge in [0.15, 0.2) is 5.60 Å². The van der Waals surface area contributed by atoms with Crippen molar-refractivity contribution in [2.24, 2.45) is 0 Å². The van der Waals surface area contributed by atoms with Crippen molar-refractivity contribution >= 4 is 17.7 Å². The molecular formula is C8H14O4S. The summed E-state index contributed by atoms with van der Waals surface area (Å²) < 4.78 is 5.22. The van der Waals surface area contributed by atoms with Gasteiger partial charge in [0.25, 0.3) is 0 Å². The highest BCUT2D eigenvalue weighted by atomic mass is 32.2. The number of carbonyl (C=O) groups is 1. The molecule has 0 amide bonds. The number of aliphatic hydroxyl groups excluding tert-OH is 1. The van der Waals surface area contributed by atoms with E-state index in [-0.39, 0.29) is 13.2 Å². The lowest BCUT2D eigenvalue weighted by Crippen LogP contribution is -2.45. The van der Waals surface area contributed by atoms with E-state index in [1.165, 1.54) is 0 Å². The van der Waals surface area contributed by atoms with Gasteiger partial charge < -0.3 is 14.9 Å². The third-order valence-corrected chi connectivity index (χ3v) is 3.15. The topological polar surface area (TPSA) is 66.8 Å². The summed E-state index contributed by atoms with van der Waals surface area (Å²) in [6.45, 7) is -0.0147. The number of carboxylic acids is 1. The molecule has 0 aromatic carbocycles. The number of rotatable bonds is 4. The van der Waals surface area contributed by atoms with Crippen molar-refractivity contribution in [2.45, 2.75) is 18.4 Å². The molecule has 13 heavy (non-hydrogen) atoms. The Bertz CT molecular complexity index is 177. The van der Waals surface area contributed by atoms with Gasteiger partial charge in [-0.3, -0.25) is 0 Å². The first kappa shape index (κ1) is 10.8. The summed E-state index contributed by atoms with van der Waals surface area (Å²) in [7, 11) is 0. The molecule has 1 heterocycles. The Morgan fingerprint density at radius 1 is 1.46 bits per heavy atom. The highest BCUT2D eigenvalue weighted by Crippen LogP contribution is 2.30. The zero-order valence-electron chi connectivity index (χ0n) is 7.36. The molecule has 2 N–H and O–H groups in total. The molecule has 1 aliphatic heterocycles. The predicted octanol–water partition coefficient (Wildman–Crippen LogP) is 0.346. The van der Waals surface area contributed by atoms with Crippen LogP contribution in [0.4, 0.5) is 0 Å². The van der Waals surface area contributed by atoms with Gasteiger partial charge in [-0.15, -0.1) is 0 Å². The first-order valence-electron chi connectivity index (χ1n) is 4.27. The van der Waals surface area contributed by atoms with Crippen LogP contribution in [-0.2, 0) is 9.53 Å². The van der Waals surface area contributed by atoms with E-state index in [9.17, 15) is 4.79 Å². The molecule has 1 saturated heterocycles. The van der Waals surface area contributed by atoms with Gasteiger partial charge >= 0.3 is 5.97 Å². The van der Waals surface area contributed by atoms with Crippen molar-refractivity contribution in [1.82, 2.24) is 0 Å². The summed E-state index contributed by atoms with van der Waals surface area (Å²) in [6, 6.07) is 0. The van der Waals surface area contributed by atoms with Crippen LogP contribution in [0, 0.1) is 0 Å². The van der Waals surface area contributed by atoms with Crippen LogP contribution in [0.1, 0.15) is 12.8 Å². The van der Waals surface area contributed by atoms with Gasteiger partial charge in [0.1, 0.15) is 0 Å². The van der Waals surface area contributed by atoms with Crippen LogP contribution < -0.4 is 0 Å². The number of hydrogen-bond donors (Lipinski definition) is 2. The Morgan fingerprint density at radius 3 is 2.54 bits per heavy atom. The van der Waals surface area contributed by atoms with Crippen molar-refractivity contribution in [3.05, 3.63) is 0 Å². The quantitative estimate of drug-likeness (QED) is 0.694. The van der Waals surface area contributed by atoms with Crippen molar-refractivity contribution in [3.8, 4) is 0 Å². The number of ether oxygens (including phenoxy) is 1. The van der Waals surface area contributed by atoms with Crippen molar-refractivity contribution < 1.29 is 19.7 Å². The van der Waals surface area contributed by atoms with Gasteiger partial charge in [0.05, 0.1) is 13.2 Å². The summed E-state index contributed by atoms with van der Waals surface area (Å²) >= 11 is 1.74. The second-order valence-electron chi connectivity index (χ2n) is 2.98. The highest BCUT2D eigenvalue weighted by Gasteiger charge is 2.40. The Balaban J connectivity index is 2.56. The number of aliphatic carboxylic acids is 1. The smallest absolute Gasteiger partial charge is 0.336 e. The van der Waals surface area contributed by atoms with Crippen LogP contribution in [0.25, 0.3) is 0 Å². The molecule has 4 nitrogen and oxygen atoms in total. The van der Waals surface area contributed by atoms with Crippen LogP contribution in [0.5, 0.6) is 0 Å². The zero-order valence-corrected chi connectivity index (χ0v) is 8.18. The lowest BCUT2D eigenvalue weighted by molar-refractivity contribution is -0.168. The van der Waals surface area contributed by atoms with Gasteiger partial charge in [-0.05, 0) is 24.3 Å². The summed E-state index contributed by atoms with van der Waals surface area (Å²) in [5.74, 6) is 0.733. The van der Waals surface area contributed by atoms with E-state index in [1.807, 2.05) is 0 Å². The minimum atomic E-state index is -1.03. The zero-order chi connectivity index (χ0) is 9.73. The maximum Gasteiger partial charge on any atom is 0.336 e. The lowest BCUT2D eigenvalue weighted by Gasteiger charge is -2.32. The van der Waals surface area contributed by atoms with E-state index in [0.29, 0.717) is 12.8 Å². The molecule has 5 heteroatoms. The molecule has 0 bridgehead atoms. The fourth-order valence-electron chi connectivity index (χ4n) is 1.36. The Morgan fingerprint density at radius 2 is 2.08 bits per heavy atom. The first-order valence-corrected chi connectivity index (χ1v) is 5.43. The van der Waals surface area contributed by atoms with Crippen LogP contribution in [0.3, 0.4) is 0 Å². The Labute approximate surface area is 81.3 Å². The first-order chi connectivity index (χ1) is 6.21. The van der Waals surface area contributed by atoms with E-state index < -0.39 is 11.6 Å². The van der Waals surface area contributed by atoms with Crippen LogP contribution in [0.2, 0.25) is 0 Å². The molecule has 0 aromatic rings. The van der Waals surface area contributed by atoms with E-state index >= 15 is 0 Å². The Kier molecular flexibility index (Phi) is 4.02. The third-order valence-electron chi connectivity index (χ3n) is 2.16. The predicted molar refractivity (Wildman–Crippen MR) is 50.0 cm³/mol. The maximum atomic E-state index is 11.0. The number of carboxylic acid groups (broad SMARTS) is 1. The molecule has 0 spiro atoms. The average molecular weight is 206 g/mol. The molecule has 0 radical (unpaired) electrons. The minimum absolute atomic E-state index is 0.108. The van der Waals surface area contributed by atoms with Gasteiger partial charge in [0, 0.05) is 0 Å². The molecule has 1 aliphatic rings. The van der Waals surface area contributed by atoms with Crippen LogP contribution >= 0.6 is 11.8 Å². The maximum absolute atomic E-state index is 11.0. The van der Waals surface area contributed by atoms with E-state index in [4.69, 9.17) is 14.9 Å². The van der Waals surface area contributed by atoms with Gasteiger partial charge in [-0.1, -0.05) is 0 Å². The molecule has 0 aromatic heterocycles. The molecular weight excluding hydrogens is 192 g/mol. The lowest BCUT2D eigenvalue weighted by atomic mass is 9.97. The summed E-state index contributed by atoms with van der Waals surface area (Å²) in [5.41, 5.74) is -1.03. The molecule has 76 valence electrons. The van der Waals surface area contributed by atoms with Crippen molar-refractivity contribution in [3.63, 3.8) is 0 Å². The molecule has 1 rings (SSSR count). The second-order valence-corrected chi connectivity index (χ2v) is 4.21. The monoisotopic (exact) mass is 206 g/mol. The fraction of sp³-hybridized carbons (Fsp3) is 0.875. The van der Waals surface area contributed by atoms with Crippen molar-refractivity contribution in [2.75, 3.05) is 24.7 Å². The third kappa shape index (κ3) is 2.59. The van der Waals surface area contributed by atoms with Crippen LogP contribution in [0.15, 0.2) is 0 Å². The van der Waals surface area contributed by atoms with Gasteiger partial charge in [-0.2, -0.15) is 11.8 Å². The van der Waals surface area contributed by atoms with Gasteiger partial charge in [0.2, 0.25) is 0 Å². The number of thioether (sulfide) groups is 1. The van der Waals surface area contributed by atoms with E-state index in [2.05, 4.69) is 0 Å². The molecule has 1 fully saturated rings. The van der Waals surface area contributed by atoms with Gasteiger partial charge in [-0.25, -0.2) is 4.79 Å². The summed E-state index contributed by atoms with van der Waals surface area (Å²) in [6.07, 6.45) is 1.07. The fourth-order valence-corrected chi connectivity index (χ4v) is 2.51. The summed E-state index contributed by atoms with van der Waals surface area (Å²) in [4.78, 5) is 11.0. The molecule has 0 aliphatic carbocycles. The Hall–Kier alpha value is -0.260. The van der Waals surface area contributed by atoms with Crippen molar-refractivity contribution in [1.29, 1.82) is 0 Å². The SMILES string of the molecule is O=C(O)C1(OCCO)CCSCC1. The van der Waals surface area contributed by atoms with E-state index in [0.717, 1.165) is 11.5 Å². The number of hydrogen-bond acceptors (Lipinski definition) is 4. The van der Waals surface area contributed by atoms with E-state index in [1.54, 1.807) is 11.8 Å². The second kappa shape index (κ2) is 4.83. The average Bonchev–Trinajstić information content (AvgIpc) is 2.16. The molecule has 0 unspecified atom stereocenters. The minimum Gasteiger partial charge on any atom is -0.479 e. The normalized spacial score (nSPS) is 21.3. The highest BCUT2D eigenvalue weighted by molar-refractivity contribution is 7.99. The standard InChI is InChI=1S/C8H14O4S/c9-3-4-12-8(7(10)11)1-5-13-6-2-8/h9H,1-6H2,(H,10,11). The molecule has 0 saturated carbocycles. The number of aliphatic hydroxyl groups is 1. The van der Waals surface area contributed by atoms with Crippen LogP contribution in [-0.4, -0.2) is 46.5 Å². The largest absolute Gasteiger partial charge is 0.479 e. The summed E-state index contributed by atoms with van der Waals surface area (Å²) in [5, 5.41) is 17.6.